The Labute approximate surface area is 166 Å². The lowest BCUT2D eigenvalue weighted by atomic mass is 9.99. The van der Waals surface area contributed by atoms with Crippen molar-refractivity contribution in [1.82, 2.24) is 10.3 Å². The summed E-state index contributed by atoms with van der Waals surface area (Å²) < 4.78 is 0. The fraction of sp³-hybridized carbons (Fsp3) is 0.364. The second-order valence-corrected chi connectivity index (χ2v) is 7.50. The van der Waals surface area contributed by atoms with Crippen molar-refractivity contribution in [2.24, 2.45) is 0 Å². The molecule has 1 aromatic heterocycles. The summed E-state index contributed by atoms with van der Waals surface area (Å²) in [6.45, 7) is 8.10. The number of hydrogen-bond acceptors (Lipinski definition) is 5. The van der Waals surface area contributed by atoms with E-state index in [0.717, 1.165) is 42.5 Å². The summed E-state index contributed by atoms with van der Waals surface area (Å²) in [4.78, 5) is 19.6. The van der Waals surface area contributed by atoms with E-state index >= 15 is 0 Å². The standard InChI is InChI=1S/C22H27N3OS/c1-4-21(26)19(20-6-5-7-22(24-20)27-3)15-17-8-9-18(14-16(17)2)25-12-10-23-11-13-25/h5-9,14-15,23H,4,10-13H2,1-3H3/b19-15-. The Bertz CT molecular complexity index is 841. The third-order valence-electron chi connectivity index (χ3n) is 4.87. The Morgan fingerprint density at radius 1 is 1.26 bits per heavy atom. The zero-order valence-electron chi connectivity index (χ0n) is 16.3. The average Bonchev–Trinajstić information content (AvgIpc) is 2.73. The van der Waals surface area contributed by atoms with Crippen LogP contribution in [0.2, 0.25) is 0 Å². The number of nitrogens with zero attached hydrogens (tertiary/aromatic N) is 2. The van der Waals surface area contributed by atoms with Gasteiger partial charge in [-0.3, -0.25) is 4.79 Å². The van der Waals surface area contributed by atoms with Crippen molar-refractivity contribution in [3.8, 4) is 0 Å². The predicted molar refractivity (Wildman–Crippen MR) is 115 cm³/mol. The van der Waals surface area contributed by atoms with Gasteiger partial charge in [0.2, 0.25) is 0 Å². The summed E-state index contributed by atoms with van der Waals surface area (Å²) in [7, 11) is 0. The molecule has 0 saturated carbocycles. The quantitative estimate of drug-likeness (QED) is 0.604. The zero-order valence-corrected chi connectivity index (χ0v) is 17.1. The Hall–Kier alpha value is -2.11. The second-order valence-electron chi connectivity index (χ2n) is 6.68. The highest BCUT2D eigenvalue weighted by atomic mass is 32.2. The fourth-order valence-electron chi connectivity index (χ4n) is 3.26. The molecule has 2 aromatic rings. The first-order valence-electron chi connectivity index (χ1n) is 9.45. The van der Waals surface area contributed by atoms with Crippen LogP contribution in [0.4, 0.5) is 5.69 Å². The molecule has 0 amide bonds. The third-order valence-corrected chi connectivity index (χ3v) is 5.51. The van der Waals surface area contributed by atoms with E-state index in [1.54, 1.807) is 11.8 Å². The molecular weight excluding hydrogens is 354 g/mol. The Kier molecular flexibility index (Phi) is 6.69. The second kappa shape index (κ2) is 9.20. The molecule has 5 heteroatoms. The highest BCUT2D eigenvalue weighted by Crippen LogP contribution is 2.26. The van der Waals surface area contributed by atoms with E-state index < -0.39 is 0 Å². The summed E-state index contributed by atoms with van der Waals surface area (Å²) in [5, 5.41) is 4.31. The summed E-state index contributed by atoms with van der Waals surface area (Å²) >= 11 is 1.59. The summed E-state index contributed by atoms with van der Waals surface area (Å²) in [6, 6.07) is 12.3. The van der Waals surface area contributed by atoms with Gasteiger partial charge in [0, 0.05) is 43.9 Å². The van der Waals surface area contributed by atoms with Gasteiger partial charge in [-0.1, -0.05) is 19.1 Å². The Balaban J connectivity index is 1.95. The summed E-state index contributed by atoms with van der Waals surface area (Å²) in [6.07, 6.45) is 4.46. The first kappa shape index (κ1) is 19.6. The maximum absolute atomic E-state index is 12.6. The van der Waals surface area contributed by atoms with Crippen LogP contribution in [-0.4, -0.2) is 43.2 Å². The number of carbonyl (C=O) groups excluding carboxylic acids is 1. The van der Waals surface area contributed by atoms with Crippen molar-refractivity contribution < 1.29 is 4.79 Å². The van der Waals surface area contributed by atoms with Gasteiger partial charge < -0.3 is 10.2 Å². The number of rotatable bonds is 6. The fourth-order valence-corrected chi connectivity index (χ4v) is 3.67. The zero-order chi connectivity index (χ0) is 19.2. The van der Waals surface area contributed by atoms with Gasteiger partial charge in [0.25, 0.3) is 0 Å². The molecule has 0 radical (unpaired) electrons. The van der Waals surface area contributed by atoms with Crippen molar-refractivity contribution >= 4 is 34.9 Å². The van der Waals surface area contributed by atoms with E-state index in [0.29, 0.717) is 12.0 Å². The number of anilines is 1. The van der Waals surface area contributed by atoms with E-state index in [1.165, 1.54) is 11.3 Å². The topological polar surface area (TPSA) is 45.2 Å². The maximum atomic E-state index is 12.6. The predicted octanol–water partition coefficient (Wildman–Crippen LogP) is 4.04. The third kappa shape index (κ3) is 4.79. The molecule has 1 aliphatic rings. The molecule has 0 unspecified atom stereocenters. The number of nitrogens with one attached hydrogen (secondary N) is 1. The van der Waals surface area contributed by atoms with Gasteiger partial charge in [0.05, 0.1) is 10.7 Å². The Morgan fingerprint density at radius 2 is 2.04 bits per heavy atom. The van der Waals surface area contributed by atoms with Gasteiger partial charge in [-0.2, -0.15) is 0 Å². The molecule has 1 fully saturated rings. The van der Waals surface area contributed by atoms with Gasteiger partial charge in [-0.25, -0.2) is 4.98 Å². The first-order chi connectivity index (χ1) is 13.1. The normalized spacial score (nSPS) is 15.1. The van der Waals surface area contributed by atoms with Crippen molar-refractivity contribution in [2.75, 3.05) is 37.3 Å². The maximum Gasteiger partial charge on any atom is 0.164 e. The van der Waals surface area contributed by atoms with Gasteiger partial charge in [0.15, 0.2) is 5.78 Å². The number of piperazine rings is 1. The number of pyridine rings is 1. The molecule has 2 heterocycles. The molecule has 1 aliphatic heterocycles. The average molecular weight is 382 g/mol. The number of allylic oxidation sites excluding steroid dienone is 1. The highest BCUT2D eigenvalue weighted by molar-refractivity contribution is 7.98. The number of ketones is 1. The molecule has 27 heavy (non-hydrogen) atoms. The van der Waals surface area contributed by atoms with Crippen LogP contribution in [0.5, 0.6) is 0 Å². The number of aromatic nitrogens is 1. The van der Waals surface area contributed by atoms with Gasteiger partial charge in [-0.05, 0) is 54.6 Å². The molecule has 1 N–H and O–H groups in total. The minimum atomic E-state index is 0.117. The molecule has 0 aliphatic carbocycles. The van der Waals surface area contributed by atoms with Crippen LogP contribution in [-0.2, 0) is 4.79 Å². The van der Waals surface area contributed by atoms with Gasteiger partial charge in [-0.15, -0.1) is 11.8 Å². The van der Waals surface area contributed by atoms with Gasteiger partial charge >= 0.3 is 0 Å². The van der Waals surface area contributed by atoms with Gasteiger partial charge in [0.1, 0.15) is 0 Å². The lowest BCUT2D eigenvalue weighted by Gasteiger charge is -2.29. The van der Waals surface area contributed by atoms with E-state index in [-0.39, 0.29) is 5.78 Å². The molecule has 1 saturated heterocycles. The van der Waals surface area contributed by atoms with Crippen LogP contribution in [0.1, 0.15) is 30.2 Å². The van der Waals surface area contributed by atoms with Crippen molar-refractivity contribution in [3.05, 3.63) is 53.2 Å². The van der Waals surface area contributed by atoms with E-state index in [9.17, 15) is 4.79 Å². The van der Waals surface area contributed by atoms with Crippen LogP contribution in [0.25, 0.3) is 11.6 Å². The number of thioether (sulfide) groups is 1. The number of benzene rings is 1. The molecular formula is C22H27N3OS. The van der Waals surface area contributed by atoms with E-state index in [1.807, 2.05) is 37.5 Å². The molecule has 0 bridgehead atoms. The smallest absolute Gasteiger partial charge is 0.164 e. The summed E-state index contributed by atoms with van der Waals surface area (Å²) in [5.41, 5.74) is 4.93. The molecule has 0 spiro atoms. The number of carbonyl (C=O) groups is 1. The molecule has 3 rings (SSSR count). The van der Waals surface area contributed by atoms with Crippen LogP contribution < -0.4 is 10.2 Å². The van der Waals surface area contributed by atoms with Crippen LogP contribution in [0, 0.1) is 6.92 Å². The molecule has 142 valence electrons. The highest BCUT2D eigenvalue weighted by Gasteiger charge is 2.14. The molecule has 1 aromatic carbocycles. The molecule has 0 atom stereocenters. The minimum Gasteiger partial charge on any atom is -0.369 e. The summed E-state index contributed by atoms with van der Waals surface area (Å²) in [5.74, 6) is 0.117. The lowest BCUT2D eigenvalue weighted by molar-refractivity contribution is -0.113. The van der Waals surface area contributed by atoms with Crippen molar-refractivity contribution in [3.63, 3.8) is 0 Å². The monoisotopic (exact) mass is 381 g/mol. The van der Waals surface area contributed by atoms with Crippen molar-refractivity contribution in [1.29, 1.82) is 0 Å². The minimum absolute atomic E-state index is 0.117. The van der Waals surface area contributed by atoms with E-state index in [2.05, 4.69) is 40.3 Å². The largest absolute Gasteiger partial charge is 0.369 e. The van der Waals surface area contributed by atoms with Crippen LogP contribution in [0.15, 0.2) is 41.4 Å². The SMILES string of the molecule is CCC(=O)/C(=C\c1ccc(N2CCNCC2)cc1C)c1cccc(SC)n1. The lowest BCUT2D eigenvalue weighted by Crippen LogP contribution is -2.43. The van der Waals surface area contributed by atoms with Crippen LogP contribution >= 0.6 is 11.8 Å². The number of hydrogen-bond donors (Lipinski definition) is 1. The Morgan fingerprint density at radius 3 is 2.70 bits per heavy atom. The van der Waals surface area contributed by atoms with Crippen LogP contribution in [0.3, 0.4) is 0 Å². The van der Waals surface area contributed by atoms with Crippen molar-refractivity contribution in [2.45, 2.75) is 25.3 Å². The molecule has 4 nitrogen and oxygen atoms in total. The number of aryl methyl sites for hydroxylation is 1. The first-order valence-corrected chi connectivity index (χ1v) is 10.7. The van der Waals surface area contributed by atoms with E-state index in [4.69, 9.17) is 0 Å². The number of Topliss-reactive ketones (excluding diaryl/α,β-unsaturated/α-hetero) is 1.